The highest BCUT2D eigenvalue weighted by Gasteiger charge is 2.02. The van der Waals surface area contributed by atoms with E-state index in [1.54, 1.807) is 18.4 Å². The van der Waals surface area contributed by atoms with Crippen molar-refractivity contribution in [2.45, 2.75) is 0 Å². The molecule has 112 valence electrons. The number of aromatic nitrogens is 1. The maximum absolute atomic E-state index is 5.44. The van der Waals surface area contributed by atoms with Crippen molar-refractivity contribution in [3.05, 3.63) is 57.5 Å². The van der Waals surface area contributed by atoms with E-state index in [1.165, 1.54) is 4.70 Å². The van der Waals surface area contributed by atoms with Crippen LogP contribution in [0.4, 0.5) is 0 Å². The normalized spacial score (nSPS) is 11.4. The molecule has 1 aromatic heterocycles. The molecule has 0 spiro atoms. The van der Waals surface area contributed by atoms with Crippen LogP contribution in [0.15, 0.2) is 46.9 Å². The molecule has 0 aliphatic heterocycles. The summed E-state index contributed by atoms with van der Waals surface area (Å²) in [6, 6.07) is 14.1. The molecule has 1 heterocycles. The second-order valence-corrected chi connectivity index (χ2v) is 6.51. The van der Waals surface area contributed by atoms with Gasteiger partial charge in [-0.3, -0.25) is 0 Å². The van der Waals surface area contributed by atoms with Gasteiger partial charge in [0.15, 0.2) is 6.79 Å². The lowest BCUT2D eigenvalue weighted by Crippen LogP contribution is -1.99. The average molecular weight is 376 g/mol. The smallest absolute Gasteiger partial charge is 0.188 e. The van der Waals surface area contributed by atoms with Crippen LogP contribution in [0.25, 0.3) is 22.4 Å². The number of methoxy groups -OCH3 is 1. The quantitative estimate of drug-likeness (QED) is 0.573. The highest BCUT2D eigenvalue weighted by molar-refractivity contribution is 9.10. The molecule has 0 fully saturated rings. The number of fused-ring (bicyclic) bond motifs is 1. The minimum Gasteiger partial charge on any atom is -0.466 e. The lowest BCUT2D eigenvalue weighted by Gasteiger charge is -2.07. The van der Waals surface area contributed by atoms with Crippen molar-refractivity contribution < 1.29 is 9.47 Å². The van der Waals surface area contributed by atoms with E-state index in [4.69, 9.17) is 9.47 Å². The molecule has 0 unspecified atom stereocenters. The standard InChI is InChI=1S/C17H14BrNO2S/c1-20-11-21-15-8-6-12(10-13(15)18)7-9-17-19-14-4-2-3-5-16(14)22-17/h2-10H,11H2,1H3/b9-7+. The van der Waals surface area contributed by atoms with Gasteiger partial charge in [-0.15, -0.1) is 11.3 Å². The van der Waals surface area contributed by atoms with Gasteiger partial charge in [-0.1, -0.05) is 24.3 Å². The summed E-state index contributed by atoms with van der Waals surface area (Å²) in [5, 5.41) is 0.997. The van der Waals surface area contributed by atoms with Crippen molar-refractivity contribution in [1.29, 1.82) is 0 Å². The molecule has 0 amide bonds. The molecule has 3 nitrogen and oxygen atoms in total. The largest absolute Gasteiger partial charge is 0.466 e. The third-order valence-electron chi connectivity index (χ3n) is 3.02. The number of halogens is 1. The van der Waals surface area contributed by atoms with Gasteiger partial charge >= 0.3 is 0 Å². The Hall–Kier alpha value is -1.69. The van der Waals surface area contributed by atoms with E-state index in [0.717, 1.165) is 26.3 Å². The monoisotopic (exact) mass is 375 g/mol. The molecule has 5 heteroatoms. The zero-order chi connectivity index (χ0) is 15.4. The number of rotatable bonds is 5. The summed E-state index contributed by atoms with van der Waals surface area (Å²) in [7, 11) is 1.60. The van der Waals surface area contributed by atoms with E-state index in [9.17, 15) is 0 Å². The van der Waals surface area contributed by atoms with Crippen LogP contribution < -0.4 is 4.74 Å². The number of hydrogen-bond donors (Lipinski definition) is 0. The first-order valence-electron chi connectivity index (χ1n) is 6.71. The summed E-state index contributed by atoms with van der Waals surface area (Å²) in [6.07, 6.45) is 4.07. The molecule has 0 saturated heterocycles. The van der Waals surface area contributed by atoms with E-state index in [2.05, 4.69) is 27.0 Å². The number of ether oxygens (including phenoxy) is 2. The Balaban J connectivity index is 1.78. The Kier molecular flexibility index (Phi) is 4.87. The van der Waals surface area contributed by atoms with Gasteiger partial charge in [0.1, 0.15) is 10.8 Å². The SMILES string of the molecule is COCOc1ccc(/C=C/c2nc3ccccc3s2)cc1Br. The number of para-hydroxylation sites is 1. The summed E-state index contributed by atoms with van der Waals surface area (Å²) in [6.45, 7) is 0.236. The third kappa shape index (κ3) is 3.55. The van der Waals surface area contributed by atoms with Gasteiger partial charge in [0.05, 0.1) is 14.7 Å². The van der Waals surface area contributed by atoms with Crippen LogP contribution in [-0.2, 0) is 4.74 Å². The third-order valence-corrected chi connectivity index (χ3v) is 4.64. The first-order valence-corrected chi connectivity index (χ1v) is 8.32. The molecule has 0 saturated carbocycles. The van der Waals surface area contributed by atoms with Crippen molar-refractivity contribution in [2.75, 3.05) is 13.9 Å². The fourth-order valence-electron chi connectivity index (χ4n) is 1.99. The van der Waals surface area contributed by atoms with Crippen LogP contribution in [-0.4, -0.2) is 18.9 Å². The summed E-state index contributed by atoms with van der Waals surface area (Å²) < 4.78 is 12.4. The Labute approximate surface area is 141 Å². The van der Waals surface area contributed by atoms with Gasteiger partial charge in [0.25, 0.3) is 0 Å². The molecular formula is C17H14BrNO2S. The van der Waals surface area contributed by atoms with Crippen molar-refractivity contribution in [3.63, 3.8) is 0 Å². The summed E-state index contributed by atoms with van der Waals surface area (Å²) >= 11 is 5.19. The molecule has 0 aliphatic rings. The first kappa shape index (κ1) is 15.2. The number of nitrogens with zero attached hydrogens (tertiary/aromatic N) is 1. The van der Waals surface area contributed by atoms with Crippen molar-refractivity contribution in [2.24, 2.45) is 0 Å². The van der Waals surface area contributed by atoms with Crippen LogP contribution in [0.5, 0.6) is 5.75 Å². The maximum atomic E-state index is 5.44. The van der Waals surface area contributed by atoms with Crippen LogP contribution in [0.1, 0.15) is 10.6 Å². The predicted molar refractivity (Wildman–Crippen MR) is 95.2 cm³/mol. The first-order chi connectivity index (χ1) is 10.8. The predicted octanol–water partition coefficient (Wildman–Crippen LogP) is 5.21. The van der Waals surface area contributed by atoms with Gasteiger partial charge in [-0.2, -0.15) is 0 Å². The number of hydrogen-bond acceptors (Lipinski definition) is 4. The Morgan fingerprint density at radius 1 is 1.18 bits per heavy atom. The molecule has 0 radical (unpaired) electrons. The fraction of sp³-hybridized carbons (Fsp3) is 0.118. The second-order valence-electron chi connectivity index (χ2n) is 4.59. The van der Waals surface area contributed by atoms with E-state index >= 15 is 0 Å². The van der Waals surface area contributed by atoms with Gasteiger partial charge < -0.3 is 9.47 Å². The Morgan fingerprint density at radius 2 is 2.05 bits per heavy atom. The Morgan fingerprint density at radius 3 is 2.82 bits per heavy atom. The summed E-state index contributed by atoms with van der Waals surface area (Å²) in [5.41, 5.74) is 2.12. The molecule has 0 atom stereocenters. The molecule has 0 N–H and O–H groups in total. The van der Waals surface area contributed by atoms with Crippen LogP contribution in [0, 0.1) is 0 Å². The Bertz CT molecular complexity index is 780. The van der Waals surface area contributed by atoms with Gasteiger partial charge in [0, 0.05) is 7.11 Å². The molecule has 3 rings (SSSR count). The van der Waals surface area contributed by atoms with Crippen molar-refractivity contribution >= 4 is 49.6 Å². The van der Waals surface area contributed by atoms with Crippen LogP contribution in [0.2, 0.25) is 0 Å². The van der Waals surface area contributed by atoms with Gasteiger partial charge in [0.2, 0.25) is 0 Å². The second kappa shape index (κ2) is 7.05. The van der Waals surface area contributed by atoms with Crippen molar-refractivity contribution in [3.8, 4) is 5.75 Å². The number of thiazole rings is 1. The average Bonchev–Trinajstić information content (AvgIpc) is 2.95. The lowest BCUT2D eigenvalue weighted by atomic mass is 10.2. The van der Waals surface area contributed by atoms with Crippen LogP contribution in [0.3, 0.4) is 0 Å². The van der Waals surface area contributed by atoms with E-state index in [1.807, 2.05) is 48.6 Å². The van der Waals surface area contributed by atoms with Gasteiger partial charge in [-0.05, 0) is 51.8 Å². The molecule has 0 bridgehead atoms. The highest BCUT2D eigenvalue weighted by Crippen LogP contribution is 2.27. The van der Waals surface area contributed by atoms with Gasteiger partial charge in [-0.25, -0.2) is 4.98 Å². The molecule has 0 aliphatic carbocycles. The molecule has 22 heavy (non-hydrogen) atoms. The molecular weight excluding hydrogens is 362 g/mol. The molecule has 3 aromatic rings. The van der Waals surface area contributed by atoms with E-state index < -0.39 is 0 Å². The minimum absolute atomic E-state index is 0.236. The van der Waals surface area contributed by atoms with Crippen molar-refractivity contribution in [1.82, 2.24) is 4.98 Å². The molecule has 2 aromatic carbocycles. The maximum Gasteiger partial charge on any atom is 0.188 e. The fourth-order valence-corrected chi connectivity index (χ4v) is 3.37. The topological polar surface area (TPSA) is 31.4 Å². The summed E-state index contributed by atoms with van der Waals surface area (Å²) in [5.74, 6) is 0.763. The lowest BCUT2D eigenvalue weighted by molar-refractivity contribution is 0.0506. The van der Waals surface area contributed by atoms with E-state index in [-0.39, 0.29) is 6.79 Å². The number of benzene rings is 2. The zero-order valence-electron chi connectivity index (χ0n) is 12.0. The van der Waals surface area contributed by atoms with E-state index in [0.29, 0.717) is 0 Å². The summed E-state index contributed by atoms with van der Waals surface area (Å²) in [4.78, 5) is 4.59. The highest BCUT2D eigenvalue weighted by atomic mass is 79.9. The minimum atomic E-state index is 0.236. The van der Waals surface area contributed by atoms with Crippen LogP contribution >= 0.6 is 27.3 Å². The zero-order valence-corrected chi connectivity index (χ0v) is 14.4.